The molecule has 2 nitrogen and oxygen atoms in total. The van der Waals surface area contributed by atoms with Gasteiger partial charge in [-0.05, 0) is 47.0 Å². The maximum Gasteiger partial charge on any atom is 0.0199 e. The van der Waals surface area contributed by atoms with Crippen LogP contribution in [0.3, 0.4) is 0 Å². The molecule has 1 rings (SSSR count). The molecular formula is C8H18N2. The maximum atomic E-state index is 3.37. The van der Waals surface area contributed by atoms with Crippen LogP contribution in [0.4, 0.5) is 0 Å². The van der Waals surface area contributed by atoms with Crippen LogP contribution >= 0.6 is 0 Å². The molecule has 1 heterocycles. The van der Waals surface area contributed by atoms with Crippen molar-refractivity contribution in [2.45, 2.75) is 25.3 Å². The summed E-state index contributed by atoms with van der Waals surface area (Å²) in [5.41, 5.74) is 0.450. The Morgan fingerprint density at radius 2 is 1.70 bits per heavy atom. The fourth-order valence-corrected chi connectivity index (χ4v) is 1.41. The average Bonchev–Trinajstić information content (AvgIpc) is 1.89. The predicted octanol–water partition coefficient (Wildman–Crippen LogP) is 0.690. The zero-order chi connectivity index (χ0) is 7.61. The van der Waals surface area contributed by atoms with Crippen molar-refractivity contribution in [2.75, 3.05) is 27.2 Å². The van der Waals surface area contributed by atoms with Crippen LogP contribution < -0.4 is 5.32 Å². The minimum absolute atomic E-state index is 0.450. The van der Waals surface area contributed by atoms with Gasteiger partial charge in [0.05, 0.1) is 0 Å². The summed E-state index contributed by atoms with van der Waals surface area (Å²) < 4.78 is 0. The molecular weight excluding hydrogens is 124 g/mol. The van der Waals surface area contributed by atoms with E-state index in [0.29, 0.717) is 5.54 Å². The van der Waals surface area contributed by atoms with Gasteiger partial charge >= 0.3 is 0 Å². The summed E-state index contributed by atoms with van der Waals surface area (Å²) in [7, 11) is 4.34. The first-order chi connectivity index (χ1) is 4.65. The van der Waals surface area contributed by atoms with Crippen molar-refractivity contribution >= 4 is 0 Å². The zero-order valence-corrected chi connectivity index (χ0v) is 7.28. The molecule has 0 aliphatic carbocycles. The average molecular weight is 142 g/mol. The normalized spacial score (nSPS) is 25.2. The van der Waals surface area contributed by atoms with Crippen LogP contribution in [0, 0.1) is 0 Å². The fraction of sp³-hybridized carbons (Fsp3) is 1.00. The number of rotatable bonds is 1. The van der Waals surface area contributed by atoms with Gasteiger partial charge in [-0.1, -0.05) is 0 Å². The maximum absolute atomic E-state index is 3.37. The Hall–Kier alpha value is -0.0800. The van der Waals surface area contributed by atoms with E-state index in [1.807, 2.05) is 0 Å². The standard InChI is InChI=1S/C8H18N2/c1-8(10(2)3)4-6-9-7-5-8/h9H,4-7H2,1-3H3. The molecule has 0 spiro atoms. The third kappa shape index (κ3) is 1.50. The predicted molar refractivity (Wildman–Crippen MR) is 44.2 cm³/mol. The van der Waals surface area contributed by atoms with Crippen LogP contribution in [0.1, 0.15) is 19.8 Å². The Kier molecular flexibility index (Phi) is 2.32. The number of hydrogen-bond donors (Lipinski definition) is 1. The van der Waals surface area contributed by atoms with Crippen molar-refractivity contribution in [1.29, 1.82) is 0 Å². The number of piperidine rings is 1. The van der Waals surface area contributed by atoms with Crippen molar-refractivity contribution < 1.29 is 0 Å². The molecule has 0 bridgehead atoms. The quantitative estimate of drug-likeness (QED) is 0.579. The molecule has 0 unspecified atom stereocenters. The molecule has 0 amide bonds. The molecule has 1 N–H and O–H groups in total. The lowest BCUT2D eigenvalue weighted by atomic mass is 9.89. The largest absolute Gasteiger partial charge is 0.317 e. The first-order valence-corrected chi connectivity index (χ1v) is 4.03. The molecule has 0 aromatic heterocycles. The second-order valence-electron chi connectivity index (χ2n) is 3.64. The second-order valence-corrected chi connectivity index (χ2v) is 3.64. The molecule has 0 aromatic carbocycles. The van der Waals surface area contributed by atoms with Gasteiger partial charge in [-0.3, -0.25) is 0 Å². The molecule has 1 saturated heterocycles. The first-order valence-electron chi connectivity index (χ1n) is 4.03. The van der Waals surface area contributed by atoms with E-state index in [9.17, 15) is 0 Å². The zero-order valence-electron chi connectivity index (χ0n) is 7.28. The minimum Gasteiger partial charge on any atom is -0.317 e. The third-order valence-corrected chi connectivity index (χ3v) is 2.76. The van der Waals surface area contributed by atoms with Gasteiger partial charge in [0.1, 0.15) is 0 Å². The van der Waals surface area contributed by atoms with Crippen molar-refractivity contribution in [2.24, 2.45) is 0 Å². The van der Waals surface area contributed by atoms with E-state index < -0.39 is 0 Å². The van der Waals surface area contributed by atoms with E-state index in [-0.39, 0.29) is 0 Å². The molecule has 1 aliphatic rings. The lowest BCUT2D eigenvalue weighted by Gasteiger charge is -2.40. The van der Waals surface area contributed by atoms with Crippen LogP contribution in [-0.4, -0.2) is 37.6 Å². The summed E-state index contributed by atoms with van der Waals surface area (Å²) in [6, 6.07) is 0. The topological polar surface area (TPSA) is 15.3 Å². The van der Waals surface area contributed by atoms with E-state index in [0.717, 1.165) is 0 Å². The molecule has 1 aliphatic heterocycles. The number of hydrogen-bond acceptors (Lipinski definition) is 2. The lowest BCUT2D eigenvalue weighted by molar-refractivity contribution is 0.128. The van der Waals surface area contributed by atoms with Gasteiger partial charge in [-0.15, -0.1) is 0 Å². The highest BCUT2D eigenvalue weighted by molar-refractivity contribution is 4.87. The van der Waals surface area contributed by atoms with E-state index in [4.69, 9.17) is 0 Å². The Balaban J connectivity index is 2.48. The van der Waals surface area contributed by atoms with Crippen LogP contribution in [0.2, 0.25) is 0 Å². The summed E-state index contributed by atoms with van der Waals surface area (Å²) in [4.78, 5) is 2.34. The third-order valence-electron chi connectivity index (χ3n) is 2.76. The molecule has 0 saturated carbocycles. The number of nitrogens with zero attached hydrogens (tertiary/aromatic N) is 1. The van der Waals surface area contributed by atoms with Gasteiger partial charge < -0.3 is 10.2 Å². The molecule has 0 atom stereocenters. The van der Waals surface area contributed by atoms with Crippen LogP contribution in [0.25, 0.3) is 0 Å². The summed E-state index contributed by atoms with van der Waals surface area (Å²) in [5, 5.41) is 3.37. The van der Waals surface area contributed by atoms with Crippen molar-refractivity contribution in [3.63, 3.8) is 0 Å². The molecule has 60 valence electrons. The summed E-state index contributed by atoms with van der Waals surface area (Å²) in [6.45, 7) is 4.69. The molecule has 10 heavy (non-hydrogen) atoms. The van der Waals surface area contributed by atoms with Crippen molar-refractivity contribution in [1.82, 2.24) is 10.2 Å². The lowest BCUT2D eigenvalue weighted by Crippen LogP contribution is -2.49. The molecule has 1 fully saturated rings. The monoisotopic (exact) mass is 142 g/mol. The van der Waals surface area contributed by atoms with Gasteiger partial charge in [0.2, 0.25) is 0 Å². The van der Waals surface area contributed by atoms with Gasteiger partial charge in [0, 0.05) is 5.54 Å². The number of nitrogens with one attached hydrogen (secondary N) is 1. The first kappa shape index (κ1) is 8.02. The molecule has 2 heteroatoms. The van der Waals surface area contributed by atoms with Gasteiger partial charge in [0.25, 0.3) is 0 Å². The smallest absolute Gasteiger partial charge is 0.0199 e. The van der Waals surface area contributed by atoms with E-state index in [1.54, 1.807) is 0 Å². The second kappa shape index (κ2) is 2.89. The van der Waals surface area contributed by atoms with E-state index in [2.05, 4.69) is 31.2 Å². The van der Waals surface area contributed by atoms with Crippen LogP contribution in [0.5, 0.6) is 0 Å². The van der Waals surface area contributed by atoms with Crippen molar-refractivity contribution in [3.8, 4) is 0 Å². The highest BCUT2D eigenvalue weighted by atomic mass is 15.2. The van der Waals surface area contributed by atoms with Gasteiger partial charge in [0.15, 0.2) is 0 Å². The molecule has 0 aromatic rings. The summed E-state index contributed by atoms with van der Waals surface area (Å²) >= 11 is 0. The Morgan fingerprint density at radius 3 is 2.00 bits per heavy atom. The molecule has 0 radical (unpaired) electrons. The summed E-state index contributed by atoms with van der Waals surface area (Å²) in [5.74, 6) is 0. The van der Waals surface area contributed by atoms with Crippen LogP contribution in [0.15, 0.2) is 0 Å². The highest BCUT2D eigenvalue weighted by Crippen LogP contribution is 2.22. The Bertz CT molecular complexity index is 104. The minimum atomic E-state index is 0.450. The summed E-state index contributed by atoms with van der Waals surface area (Å²) in [6.07, 6.45) is 2.56. The Labute approximate surface area is 63.6 Å². The van der Waals surface area contributed by atoms with Gasteiger partial charge in [-0.2, -0.15) is 0 Å². The van der Waals surface area contributed by atoms with Gasteiger partial charge in [-0.25, -0.2) is 0 Å². The van der Waals surface area contributed by atoms with E-state index in [1.165, 1.54) is 25.9 Å². The van der Waals surface area contributed by atoms with Crippen molar-refractivity contribution in [3.05, 3.63) is 0 Å². The Morgan fingerprint density at radius 1 is 1.20 bits per heavy atom. The SMILES string of the molecule is CN(C)C1(C)CCNCC1. The fourth-order valence-electron chi connectivity index (χ4n) is 1.41. The van der Waals surface area contributed by atoms with Crippen LogP contribution in [-0.2, 0) is 0 Å². The van der Waals surface area contributed by atoms with E-state index >= 15 is 0 Å². The highest BCUT2D eigenvalue weighted by Gasteiger charge is 2.28.